The smallest absolute Gasteiger partial charge is 0.278 e. The largest absolute Gasteiger partial charge is 0.493 e. The van der Waals surface area contributed by atoms with Crippen LogP contribution in [0.5, 0.6) is 17.2 Å². The van der Waals surface area contributed by atoms with Crippen LogP contribution in [-0.4, -0.2) is 26.3 Å². The second-order valence-electron chi connectivity index (χ2n) is 4.23. The normalized spacial score (nSPS) is 10.2. The van der Waals surface area contributed by atoms with Crippen molar-refractivity contribution in [3.63, 3.8) is 0 Å². The third kappa shape index (κ3) is 2.85. The number of non-ortho nitro benzene ring substituents is 1. The zero-order valence-electron chi connectivity index (χ0n) is 12.2. The predicted molar refractivity (Wildman–Crippen MR) is 84.7 cm³/mol. The van der Waals surface area contributed by atoms with E-state index in [1.54, 1.807) is 12.1 Å². The van der Waals surface area contributed by atoms with Gasteiger partial charge in [0.15, 0.2) is 11.5 Å². The number of nitro groups is 1. The summed E-state index contributed by atoms with van der Waals surface area (Å²) >= 11 is 3.45. The van der Waals surface area contributed by atoms with Crippen molar-refractivity contribution < 1.29 is 19.1 Å². The molecule has 0 aliphatic carbocycles. The molecule has 0 atom stereocenters. The highest BCUT2D eigenvalue weighted by Gasteiger charge is 2.20. The lowest BCUT2D eigenvalue weighted by Gasteiger charge is -2.16. The Bertz CT molecular complexity index is 717. The average molecular weight is 367 g/mol. The zero-order chi connectivity index (χ0) is 16.3. The first-order valence-corrected chi connectivity index (χ1v) is 6.97. The Balaban J connectivity index is 2.70. The number of halogens is 1. The second kappa shape index (κ2) is 6.65. The van der Waals surface area contributed by atoms with E-state index in [1.165, 1.54) is 33.5 Å². The molecule has 2 aromatic carbocycles. The number of methoxy groups -OCH3 is 3. The van der Waals surface area contributed by atoms with Crippen LogP contribution in [0.4, 0.5) is 5.69 Å². The monoisotopic (exact) mass is 366 g/mol. The second-order valence-corrected chi connectivity index (χ2v) is 5.02. The van der Waals surface area contributed by atoms with Gasteiger partial charge < -0.3 is 14.2 Å². The highest BCUT2D eigenvalue weighted by Crippen LogP contribution is 2.48. The van der Waals surface area contributed by atoms with Gasteiger partial charge in [0.05, 0.1) is 36.8 Å². The number of ether oxygens (including phenoxy) is 3. The molecule has 1 radical (unpaired) electrons. The van der Waals surface area contributed by atoms with Crippen LogP contribution in [0.15, 0.2) is 28.7 Å². The van der Waals surface area contributed by atoms with Gasteiger partial charge >= 0.3 is 0 Å². The molecule has 0 N–H and O–H groups in total. The number of hydrogen-bond acceptors (Lipinski definition) is 5. The first-order valence-electron chi connectivity index (χ1n) is 6.18. The summed E-state index contributed by atoms with van der Waals surface area (Å²) in [4.78, 5) is 10.4. The highest BCUT2D eigenvalue weighted by molar-refractivity contribution is 9.10. The molecule has 22 heavy (non-hydrogen) atoms. The molecule has 2 aromatic rings. The lowest BCUT2D eigenvalue weighted by atomic mass is 10.0. The van der Waals surface area contributed by atoms with Gasteiger partial charge in [-0.15, -0.1) is 0 Å². The van der Waals surface area contributed by atoms with Crippen molar-refractivity contribution in [3.8, 4) is 28.4 Å². The number of nitrogens with zero attached hydrogens (tertiary/aromatic N) is 1. The number of benzene rings is 2. The molecule has 0 amide bonds. The third-order valence-electron chi connectivity index (χ3n) is 3.06. The van der Waals surface area contributed by atoms with Gasteiger partial charge in [0.1, 0.15) is 0 Å². The number of nitro benzene ring substituents is 1. The van der Waals surface area contributed by atoms with Crippen LogP contribution in [-0.2, 0) is 0 Å². The molecule has 0 saturated carbocycles. The Morgan fingerprint density at radius 1 is 1.14 bits per heavy atom. The Morgan fingerprint density at radius 3 is 2.36 bits per heavy atom. The van der Waals surface area contributed by atoms with Crippen LogP contribution in [0.2, 0.25) is 0 Å². The van der Waals surface area contributed by atoms with Crippen molar-refractivity contribution in [1.29, 1.82) is 0 Å². The van der Waals surface area contributed by atoms with E-state index < -0.39 is 4.92 Å². The Labute approximate surface area is 135 Å². The summed E-state index contributed by atoms with van der Waals surface area (Å²) in [5.74, 6) is 1.36. The Morgan fingerprint density at radius 2 is 1.82 bits per heavy atom. The average Bonchev–Trinajstić information content (AvgIpc) is 2.54. The van der Waals surface area contributed by atoms with Crippen molar-refractivity contribution >= 4 is 21.6 Å². The van der Waals surface area contributed by atoms with Crippen LogP contribution >= 0.6 is 15.9 Å². The SMILES string of the molecule is COc1cc(-c2cc[c]c([N+](=O)[O-])c2)c(Br)c(OC)c1OC. The maximum absolute atomic E-state index is 10.9. The van der Waals surface area contributed by atoms with Gasteiger partial charge in [-0.25, -0.2) is 0 Å². The van der Waals surface area contributed by atoms with Crippen LogP contribution < -0.4 is 14.2 Å². The molecule has 115 valence electrons. The van der Waals surface area contributed by atoms with Gasteiger partial charge in [-0.2, -0.15) is 0 Å². The fourth-order valence-corrected chi connectivity index (χ4v) is 2.74. The molecular formula is C15H13BrNO5. The molecular weight excluding hydrogens is 354 g/mol. The minimum Gasteiger partial charge on any atom is -0.493 e. The topological polar surface area (TPSA) is 70.8 Å². The molecule has 7 heteroatoms. The van der Waals surface area contributed by atoms with E-state index in [9.17, 15) is 10.1 Å². The fraction of sp³-hybridized carbons (Fsp3) is 0.200. The number of hydrogen-bond donors (Lipinski definition) is 0. The molecule has 0 aromatic heterocycles. The summed E-state index contributed by atoms with van der Waals surface area (Å²) < 4.78 is 16.6. The molecule has 0 spiro atoms. The summed E-state index contributed by atoms with van der Waals surface area (Å²) in [7, 11) is 4.53. The van der Waals surface area contributed by atoms with E-state index in [1.807, 2.05) is 0 Å². The first-order chi connectivity index (χ1) is 10.5. The maximum atomic E-state index is 10.9. The fourth-order valence-electron chi connectivity index (χ4n) is 2.06. The van der Waals surface area contributed by atoms with E-state index >= 15 is 0 Å². The van der Waals surface area contributed by atoms with Gasteiger partial charge in [0.2, 0.25) is 5.75 Å². The molecule has 0 heterocycles. The van der Waals surface area contributed by atoms with E-state index in [0.717, 1.165) is 0 Å². The maximum Gasteiger partial charge on any atom is 0.278 e. The molecule has 6 nitrogen and oxygen atoms in total. The summed E-state index contributed by atoms with van der Waals surface area (Å²) in [5, 5.41) is 10.9. The van der Waals surface area contributed by atoms with Crippen LogP contribution in [0.1, 0.15) is 0 Å². The van der Waals surface area contributed by atoms with Crippen LogP contribution in [0, 0.1) is 16.2 Å². The van der Waals surface area contributed by atoms with Crippen LogP contribution in [0.3, 0.4) is 0 Å². The van der Waals surface area contributed by atoms with E-state index in [2.05, 4.69) is 22.0 Å². The molecule has 0 saturated heterocycles. The zero-order valence-corrected chi connectivity index (χ0v) is 13.8. The van der Waals surface area contributed by atoms with Gasteiger partial charge in [-0.05, 0) is 33.6 Å². The molecule has 0 aliphatic heterocycles. The quantitative estimate of drug-likeness (QED) is 0.593. The minimum absolute atomic E-state index is 0.113. The lowest BCUT2D eigenvalue weighted by molar-refractivity contribution is -0.385. The van der Waals surface area contributed by atoms with E-state index in [0.29, 0.717) is 32.8 Å². The van der Waals surface area contributed by atoms with Gasteiger partial charge in [-0.3, -0.25) is 10.1 Å². The van der Waals surface area contributed by atoms with Crippen molar-refractivity contribution in [2.45, 2.75) is 0 Å². The summed E-state index contributed by atoms with van der Waals surface area (Å²) in [6, 6.07) is 8.96. The van der Waals surface area contributed by atoms with Crippen molar-refractivity contribution in [2.24, 2.45) is 0 Å². The predicted octanol–water partition coefficient (Wildman–Crippen LogP) is 3.85. The van der Waals surface area contributed by atoms with Crippen molar-refractivity contribution in [3.05, 3.63) is 44.9 Å². The van der Waals surface area contributed by atoms with Crippen molar-refractivity contribution in [1.82, 2.24) is 0 Å². The number of rotatable bonds is 5. The molecule has 0 bridgehead atoms. The standard InChI is InChI=1S/C15H13BrNO5/c1-20-12-8-11(13(16)15(22-3)14(12)21-2)9-5-4-6-10(7-9)17(18)19/h4-5,7-8H,1-3H3. The van der Waals surface area contributed by atoms with Crippen molar-refractivity contribution in [2.75, 3.05) is 21.3 Å². The molecule has 0 aliphatic rings. The highest BCUT2D eigenvalue weighted by atomic mass is 79.9. The lowest BCUT2D eigenvalue weighted by Crippen LogP contribution is -1.97. The van der Waals surface area contributed by atoms with E-state index in [-0.39, 0.29) is 5.69 Å². The molecule has 0 fully saturated rings. The minimum atomic E-state index is -0.491. The third-order valence-corrected chi connectivity index (χ3v) is 3.85. The summed E-state index contributed by atoms with van der Waals surface area (Å²) in [6.07, 6.45) is 0. The van der Waals surface area contributed by atoms with Gasteiger partial charge in [0.25, 0.3) is 5.69 Å². The van der Waals surface area contributed by atoms with Gasteiger partial charge in [0, 0.05) is 11.6 Å². The first kappa shape index (κ1) is 16.1. The van der Waals surface area contributed by atoms with E-state index in [4.69, 9.17) is 14.2 Å². The summed E-state index contributed by atoms with van der Waals surface area (Å²) in [5.41, 5.74) is 1.21. The van der Waals surface area contributed by atoms with Crippen LogP contribution in [0.25, 0.3) is 11.1 Å². The Hall–Kier alpha value is -2.28. The molecule has 0 unspecified atom stereocenters. The van der Waals surface area contributed by atoms with Gasteiger partial charge in [-0.1, -0.05) is 6.07 Å². The Kier molecular flexibility index (Phi) is 4.87. The summed E-state index contributed by atoms with van der Waals surface area (Å²) in [6.45, 7) is 0. The molecule has 2 rings (SSSR count).